The first-order chi connectivity index (χ1) is 9.31. The molecule has 4 N–H and O–H groups in total. The Hall–Kier alpha value is -1.89. The molecule has 6 nitrogen and oxygen atoms in total. The van der Waals surface area contributed by atoms with Gasteiger partial charge in [0.2, 0.25) is 5.91 Å². The number of hydrogen-bond acceptors (Lipinski definition) is 3. The first kappa shape index (κ1) is 16.2. The number of nitrogens with two attached hydrogens (primary N) is 1. The number of benzene rings is 1. The van der Waals surface area contributed by atoms with Crippen LogP contribution in [0.15, 0.2) is 22.7 Å². The molecule has 0 radical (unpaired) electrons. The summed E-state index contributed by atoms with van der Waals surface area (Å²) in [5.41, 5.74) is 6.28. The third-order valence-corrected chi connectivity index (χ3v) is 3.31. The van der Waals surface area contributed by atoms with Crippen LogP contribution < -0.4 is 11.1 Å². The first-order valence-electron chi connectivity index (χ1n) is 5.89. The molecule has 1 atom stereocenters. The molecule has 2 amide bonds. The third-order valence-electron chi connectivity index (χ3n) is 2.65. The van der Waals surface area contributed by atoms with Gasteiger partial charge in [0.15, 0.2) is 0 Å². The number of carboxylic acid groups (broad SMARTS) is 1. The lowest BCUT2D eigenvalue weighted by Crippen LogP contribution is -2.41. The average molecular weight is 343 g/mol. The van der Waals surface area contributed by atoms with E-state index in [4.69, 9.17) is 10.8 Å². The maximum absolute atomic E-state index is 12.0. The van der Waals surface area contributed by atoms with Crippen molar-refractivity contribution in [3.05, 3.63) is 33.8 Å². The van der Waals surface area contributed by atoms with Crippen LogP contribution in [-0.4, -0.2) is 28.9 Å². The van der Waals surface area contributed by atoms with Crippen LogP contribution in [0.2, 0.25) is 0 Å². The Bertz CT molecular complexity index is 545. The zero-order valence-electron chi connectivity index (χ0n) is 10.9. The van der Waals surface area contributed by atoms with Gasteiger partial charge in [-0.2, -0.15) is 0 Å². The maximum Gasteiger partial charge on any atom is 0.326 e. The molecule has 0 aliphatic heterocycles. The Labute approximate surface area is 124 Å². The van der Waals surface area contributed by atoms with Crippen LogP contribution >= 0.6 is 15.9 Å². The summed E-state index contributed by atoms with van der Waals surface area (Å²) >= 11 is 3.25. The van der Waals surface area contributed by atoms with Gasteiger partial charge in [0.1, 0.15) is 6.04 Å². The Morgan fingerprint density at radius 3 is 2.55 bits per heavy atom. The second-order valence-electron chi connectivity index (χ2n) is 4.35. The van der Waals surface area contributed by atoms with Crippen LogP contribution in [0.1, 0.15) is 28.8 Å². The van der Waals surface area contributed by atoms with Gasteiger partial charge in [0.05, 0.1) is 5.56 Å². The molecule has 1 unspecified atom stereocenters. The Balaban J connectivity index is 2.80. The van der Waals surface area contributed by atoms with E-state index in [1.807, 2.05) is 6.92 Å². The van der Waals surface area contributed by atoms with Gasteiger partial charge in [0.25, 0.3) is 5.91 Å². The number of rotatable bonds is 6. The molecule has 1 aromatic rings. The second-order valence-corrected chi connectivity index (χ2v) is 5.21. The molecular formula is C13H15BrN2O4. The van der Waals surface area contributed by atoms with E-state index < -0.39 is 23.8 Å². The quantitative estimate of drug-likeness (QED) is 0.721. The highest BCUT2D eigenvalue weighted by Gasteiger charge is 2.22. The molecule has 20 heavy (non-hydrogen) atoms. The van der Waals surface area contributed by atoms with Crippen molar-refractivity contribution in [2.45, 2.75) is 25.8 Å². The molecular weight excluding hydrogens is 328 g/mol. The highest BCUT2D eigenvalue weighted by Crippen LogP contribution is 2.18. The van der Waals surface area contributed by atoms with Crippen molar-refractivity contribution in [2.75, 3.05) is 0 Å². The van der Waals surface area contributed by atoms with Crippen LogP contribution in [0.3, 0.4) is 0 Å². The van der Waals surface area contributed by atoms with Crippen molar-refractivity contribution in [2.24, 2.45) is 5.73 Å². The van der Waals surface area contributed by atoms with E-state index in [-0.39, 0.29) is 12.8 Å². The zero-order chi connectivity index (χ0) is 15.3. The molecule has 0 fully saturated rings. The molecule has 0 bridgehead atoms. The number of carbonyl (C=O) groups excluding carboxylic acids is 2. The summed E-state index contributed by atoms with van der Waals surface area (Å²) in [6.07, 6.45) is -0.147. The molecule has 1 aromatic carbocycles. The van der Waals surface area contributed by atoms with Gasteiger partial charge >= 0.3 is 5.97 Å². The summed E-state index contributed by atoms with van der Waals surface area (Å²) in [4.78, 5) is 33.7. The normalized spacial score (nSPS) is 11.7. The van der Waals surface area contributed by atoms with Gasteiger partial charge in [-0.15, -0.1) is 0 Å². The van der Waals surface area contributed by atoms with Crippen LogP contribution in [0.25, 0.3) is 0 Å². The predicted octanol–water partition coefficient (Wildman–Crippen LogP) is 1.21. The smallest absolute Gasteiger partial charge is 0.326 e. The molecule has 7 heteroatoms. The van der Waals surface area contributed by atoms with Crippen LogP contribution in [-0.2, 0) is 9.59 Å². The lowest BCUT2D eigenvalue weighted by Gasteiger charge is -2.14. The van der Waals surface area contributed by atoms with Crippen molar-refractivity contribution in [1.29, 1.82) is 0 Å². The van der Waals surface area contributed by atoms with E-state index in [2.05, 4.69) is 21.2 Å². The number of hydrogen-bond donors (Lipinski definition) is 3. The van der Waals surface area contributed by atoms with Crippen molar-refractivity contribution in [3.8, 4) is 0 Å². The Kier molecular flexibility index (Phi) is 5.69. The number of carbonyl (C=O) groups is 3. The highest BCUT2D eigenvalue weighted by atomic mass is 79.9. The topological polar surface area (TPSA) is 109 Å². The molecule has 0 saturated heterocycles. The van der Waals surface area contributed by atoms with E-state index in [1.165, 1.54) is 0 Å². The fourth-order valence-electron chi connectivity index (χ4n) is 1.58. The maximum atomic E-state index is 12.0. The van der Waals surface area contributed by atoms with Gasteiger partial charge in [-0.25, -0.2) is 4.79 Å². The molecule has 108 valence electrons. The SMILES string of the molecule is Cc1ccc(C(=O)NC(CCC(N)=O)C(=O)O)c(Br)c1. The number of primary amides is 1. The summed E-state index contributed by atoms with van der Waals surface area (Å²) in [6, 6.07) is 3.96. The number of aliphatic carboxylic acids is 1. The van der Waals surface area contributed by atoms with Gasteiger partial charge in [-0.05, 0) is 47.0 Å². The Morgan fingerprint density at radius 1 is 1.40 bits per heavy atom. The van der Waals surface area contributed by atoms with Crippen molar-refractivity contribution in [3.63, 3.8) is 0 Å². The largest absolute Gasteiger partial charge is 0.480 e. The van der Waals surface area contributed by atoms with Gasteiger partial charge in [-0.3, -0.25) is 9.59 Å². The van der Waals surface area contributed by atoms with E-state index >= 15 is 0 Å². The highest BCUT2D eigenvalue weighted by molar-refractivity contribution is 9.10. The standard InChI is InChI=1S/C13H15BrN2O4/c1-7-2-3-8(9(14)6-7)12(18)16-10(13(19)20)4-5-11(15)17/h2-3,6,10H,4-5H2,1H3,(H2,15,17)(H,16,18)(H,19,20). The summed E-state index contributed by atoms with van der Waals surface area (Å²) in [7, 11) is 0. The summed E-state index contributed by atoms with van der Waals surface area (Å²) < 4.78 is 0.578. The van der Waals surface area contributed by atoms with E-state index in [0.29, 0.717) is 10.0 Å². The van der Waals surface area contributed by atoms with Crippen LogP contribution in [0.4, 0.5) is 0 Å². The zero-order valence-corrected chi connectivity index (χ0v) is 12.4. The molecule has 0 aliphatic rings. The van der Waals surface area contributed by atoms with Gasteiger partial charge in [-0.1, -0.05) is 6.07 Å². The fourth-order valence-corrected chi connectivity index (χ4v) is 2.26. The molecule has 0 aromatic heterocycles. The summed E-state index contributed by atoms with van der Waals surface area (Å²) in [6.45, 7) is 1.87. The van der Waals surface area contributed by atoms with Crippen LogP contribution in [0.5, 0.6) is 0 Å². The monoisotopic (exact) mass is 342 g/mol. The first-order valence-corrected chi connectivity index (χ1v) is 6.68. The number of aryl methyl sites for hydroxylation is 1. The van der Waals surface area contributed by atoms with Crippen molar-refractivity contribution >= 4 is 33.7 Å². The fraction of sp³-hybridized carbons (Fsp3) is 0.308. The van der Waals surface area contributed by atoms with Crippen LogP contribution in [0, 0.1) is 6.92 Å². The second kappa shape index (κ2) is 7.04. The number of carboxylic acids is 1. The molecule has 0 aliphatic carbocycles. The minimum Gasteiger partial charge on any atom is -0.480 e. The minimum atomic E-state index is -1.21. The average Bonchev–Trinajstić information content (AvgIpc) is 2.33. The van der Waals surface area contributed by atoms with E-state index in [1.54, 1.807) is 18.2 Å². The Morgan fingerprint density at radius 2 is 2.05 bits per heavy atom. The minimum absolute atomic E-state index is 0.0418. The summed E-state index contributed by atoms with van der Waals surface area (Å²) in [5.74, 6) is -2.33. The lowest BCUT2D eigenvalue weighted by atomic mass is 10.1. The summed E-state index contributed by atoms with van der Waals surface area (Å²) in [5, 5.41) is 11.4. The molecule has 0 saturated carbocycles. The molecule has 0 heterocycles. The van der Waals surface area contributed by atoms with Gasteiger partial charge in [0, 0.05) is 10.9 Å². The van der Waals surface area contributed by atoms with Gasteiger partial charge < -0.3 is 16.2 Å². The predicted molar refractivity (Wildman–Crippen MR) is 76.2 cm³/mol. The van der Waals surface area contributed by atoms with E-state index in [9.17, 15) is 14.4 Å². The molecule has 0 spiro atoms. The third kappa shape index (κ3) is 4.65. The van der Waals surface area contributed by atoms with E-state index in [0.717, 1.165) is 5.56 Å². The van der Waals surface area contributed by atoms with Crippen molar-refractivity contribution < 1.29 is 19.5 Å². The number of nitrogens with one attached hydrogen (secondary N) is 1. The number of amides is 2. The number of halogens is 1. The molecule has 1 rings (SSSR count). The lowest BCUT2D eigenvalue weighted by molar-refractivity contribution is -0.139. The van der Waals surface area contributed by atoms with Crippen molar-refractivity contribution in [1.82, 2.24) is 5.32 Å².